The molecule has 6 nitrogen and oxygen atoms in total. The van der Waals surface area contributed by atoms with Gasteiger partial charge in [0.2, 0.25) is 5.91 Å². The molecule has 0 aliphatic carbocycles. The van der Waals surface area contributed by atoms with Crippen molar-refractivity contribution < 1.29 is 4.79 Å². The molecule has 2 aromatic carbocycles. The topological polar surface area (TPSA) is 62.2 Å². The summed E-state index contributed by atoms with van der Waals surface area (Å²) in [5.74, 6) is -0.0979. The van der Waals surface area contributed by atoms with E-state index in [1.54, 1.807) is 0 Å². The summed E-state index contributed by atoms with van der Waals surface area (Å²) in [4.78, 5) is 18.4. The second kappa shape index (κ2) is 10.4. The molecule has 1 aliphatic rings. The Morgan fingerprint density at radius 1 is 1.05 bits per heavy atom. The minimum absolute atomic E-state index is 0.0979. The fourth-order valence-electron chi connectivity index (χ4n) is 5.61. The second-order valence-corrected chi connectivity index (χ2v) is 10.2. The zero-order chi connectivity index (χ0) is 27.0. The minimum Gasteiger partial charge on any atom is -0.351 e. The number of carbonyl (C=O) groups is 1. The Morgan fingerprint density at radius 3 is 2.47 bits per heavy atom. The molecule has 1 saturated heterocycles. The highest BCUT2D eigenvalue weighted by atomic mass is 32.1. The summed E-state index contributed by atoms with van der Waals surface area (Å²) in [7, 11) is 0. The first kappa shape index (κ1) is 25.7. The van der Waals surface area contributed by atoms with E-state index < -0.39 is 0 Å². The average Bonchev–Trinajstić information content (AvgIpc) is 3.39. The van der Waals surface area contributed by atoms with Crippen molar-refractivity contribution in [2.45, 2.75) is 53.1 Å². The van der Waals surface area contributed by atoms with Crippen molar-refractivity contribution in [2.24, 2.45) is 0 Å². The number of nitrogens with one attached hydrogen (secondary N) is 2. The standard InChI is InChI=1S/C31H33N5OS/c1-6-23-11-9-10-19(2)29(23)35-20(3)18-26(21(35)4)30-28(27-12-7-8-17-32-27)34-31(38)36(30)25-15-13-24(14-16-25)33-22(5)37/h7-18,28,30H,6H2,1-5H3,(H,33,37)(H,34,38)/t28-,30-/m0/s1. The van der Waals surface area contributed by atoms with E-state index in [1.165, 1.54) is 40.7 Å². The van der Waals surface area contributed by atoms with Gasteiger partial charge >= 0.3 is 0 Å². The number of aromatic nitrogens is 2. The summed E-state index contributed by atoms with van der Waals surface area (Å²) in [5.41, 5.74) is 10.0. The van der Waals surface area contributed by atoms with E-state index in [1.807, 2.05) is 48.7 Å². The molecule has 2 aromatic heterocycles. The SMILES string of the molecule is CCc1cccc(C)c1-n1c(C)cc([C@H]2[C@H](c3ccccn3)NC(=S)N2c2ccc(NC(C)=O)cc2)c1C. The van der Waals surface area contributed by atoms with Gasteiger partial charge in [0.1, 0.15) is 0 Å². The van der Waals surface area contributed by atoms with Gasteiger partial charge in [0.25, 0.3) is 0 Å². The molecule has 0 radical (unpaired) electrons. The lowest BCUT2D eigenvalue weighted by Gasteiger charge is -2.28. The molecule has 5 rings (SSSR count). The highest BCUT2D eigenvalue weighted by Gasteiger charge is 2.42. The Morgan fingerprint density at radius 2 is 1.82 bits per heavy atom. The van der Waals surface area contributed by atoms with Crippen LogP contribution in [0.25, 0.3) is 5.69 Å². The lowest BCUT2D eigenvalue weighted by Crippen LogP contribution is -2.29. The smallest absolute Gasteiger partial charge is 0.221 e. The van der Waals surface area contributed by atoms with E-state index >= 15 is 0 Å². The molecule has 1 fully saturated rings. The first-order valence-electron chi connectivity index (χ1n) is 13.0. The number of para-hydroxylation sites is 1. The monoisotopic (exact) mass is 523 g/mol. The predicted molar refractivity (Wildman–Crippen MR) is 158 cm³/mol. The van der Waals surface area contributed by atoms with Crippen molar-refractivity contribution >= 4 is 34.6 Å². The average molecular weight is 524 g/mol. The number of aryl methyl sites for hydroxylation is 3. The first-order valence-corrected chi connectivity index (χ1v) is 13.4. The Hall–Kier alpha value is -3.97. The summed E-state index contributed by atoms with van der Waals surface area (Å²) >= 11 is 5.93. The Bertz CT molecular complexity index is 1490. The van der Waals surface area contributed by atoms with E-state index in [9.17, 15) is 4.79 Å². The first-order chi connectivity index (χ1) is 18.3. The maximum Gasteiger partial charge on any atom is 0.221 e. The van der Waals surface area contributed by atoms with Crippen molar-refractivity contribution in [3.63, 3.8) is 0 Å². The molecular weight excluding hydrogens is 490 g/mol. The van der Waals surface area contributed by atoms with Crippen LogP contribution in [-0.2, 0) is 11.2 Å². The van der Waals surface area contributed by atoms with E-state index in [2.05, 4.69) is 72.1 Å². The molecule has 0 saturated carbocycles. The Balaban J connectivity index is 1.66. The molecule has 1 amide bonds. The van der Waals surface area contributed by atoms with Crippen LogP contribution in [0.5, 0.6) is 0 Å². The van der Waals surface area contributed by atoms with E-state index in [4.69, 9.17) is 17.2 Å². The Kier molecular flexibility index (Phi) is 7.04. The van der Waals surface area contributed by atoms with Crippen LogP contribution in [0.3, 0.4) is 0 Å². The maximum atomic E-state index is 11.5. The summed E-state index contributed by atoms with van der Waals surface area (Å²) in [6.45, 7) is 10.3. The third-order valence-corrected chi connectivity index (χ3v) is 7.59. The van der Waals surface area contributed by atoms with Gasteiger partial charge in [-0.15, -0.1) is 0 Å². The largest absolute Gasteiger partial charge is 0.351 e. The summed E-state index contributed by atoms with van der Waals surface area (Å²) in [6.07, 6.45) is 2.79. The number of pyridine rings is 1. The zero-order valence-electron chi connectivity index (χ0n) is 22.4. The molecule has 3 heterocycles. The lowest BCUT2D eigenvalue weighted by molar-refractivity contribution is -0.114. The van der Waals surface area contributed by atoms with Gasteiger partial charge in [0.05, 0.1) is 23.5 Å². The van der Waals surface area contributed by atoms with Crippen LogP contribution in [0.2, 0.25) is 0 Å². The van der Waals surface area contributed by atoms with Crippen LogP contribution in [-0.4, -0.2) is 20.6 Å². The lowest BCUT2D eigenvalue weighted by atomic mass is 9.96. The number of benzene rings is 2. The van der Waals surface area contributed by atoms with Crippen LogP contribution in [0.15, 0.2) is 72.9 Å². The van der Waals surface area contributed by atoms with Crippen LogP contribution < -0.4 is 15.5 Å². The summed E-state index contributed by atoms with van der Waals surface area (Å²) in [5, 5.41) is 7.05. The summed E-state index contributed by atoms with van der Waals surface area (Å²) in [6, 6.07) is 22.4. The van der Waals surface area contributed by atoms with Gasteiger partial charge in [-0.1, -0.05) is 31.2 Å². The van der Waals surface area contributed by atoms with Crippen LogP contribution in [0.4, 0.5) is 11.4 Å². The van der Waals surface area contributed by atoms with Gasteiger partial charge in [-0.25, -0.2) is 0 Å². The van der Waals surface area contributed by atoms with E-state index in [0.717, 1.165) is 23.5 Å². The summed E-state index contributed by atoms with van der Waals surface area (Å²) < 4.78 is 2.39. The number of amides is 1. The number of nitrogens with zero attached hydrogens (tertiary/aromatic N) is 3. The molecule has 0 spiro atoms. The van der Waals surface area contributed by atoms with Gasteiger partial charge in [0.15, 0.2) is 5.11 Å². The van der Waals surface area contributed by atoms with Gasteiger partial charge in [-0.2, -0.15) is 0 Å². The molecule has 194 valence electrons. The molecule has 38 heavy (non-hydrogen) atoms. The number of carbonyl (C=O) groups excluding carboxylic acids is 1. The van der Waals surface area contributed by atoms with Crippen molar-refractivity contribution in [1.29, 1.82) is 0 Å². The molecule has 1 aliphatic heterocycles. The molecule has 2 N–H and O–H groups in total. The van der Waals surface area contributed by atoms with Crippen LogP contribution in [0.1, 0.15) is 59.7 Å². The fourth-order valence-corrected chi connectivity index (χ4v) is 5.96. The normalized spacial score (nSPS) is 17.0. The predicted octanol–water partition coefficient (Wildman–Crippen LogP) is 6.50. The highest BCUT2D eigenvalue weighted by molar-refractivity contribution is 7.80. The number of hydrogen-bond acceptors (Lipinski definition) is 3. The number of thiocarbonyl (C=S) groups is 1. The van der Waals surface area contributed by atoms with Crippen molar-refractivity contribution in [1.82, 2.24) is 14.9 Å². The molecule has 0 bridgehead atoms. The molecule has 0 unspecified atom stereocenters. The third-order valence-electron chi connectivity index (χ3n) is 7.28. The van der Waals surface area contributed by atoms with Crippen molar-refractivity contribution in [2.75, 3.05) is 10.2 Å². The third kappa shape index (κ3) is 4.58. The van der Waals surface area contributed by atoms with E-state index in [-0.39, 0.29) is 18.0 Å². The molecular formula is C31H33N5OS. The molecule has 7 heteroatoms. The fraction of sp³-hybridized carbons (Fsp3) is 0.258. The van der Waals surface area contributed by atoms with Gasteiger partial charge in [0, 0.05) is 35.9 Å². The van der Waals surface area contributed by atoms with Gasteiger partial charge < -0.3 is 20.1 Å². The quantitative estimate of drug-likeness (QED) is 0.283. The number of anilines is 2. The molecule has 2 atom stereocenters. The second-order valence-electron chi connectivity index (χ2n) is 9.82. The number of hydrogen-bond donors (Lipinski definition) is 2. The number of rotatable bonds is 6. The van der Waals surface area contributed by atoms with Crippen LogP contribution in [0, 0.1) is 20.8 Å². The zero-order valence-corrected chi connectivity index (χ0v) is 23.3. The maximum absolute atomic E-state index is 11.5. The minimum atomic E-state index is -0.129. The van der Waals surface area contributed by atoms with Crippen molar-refractivity contribution in [3.05, 3.63) is 107 Å². The van der Waals surface area contributed by atoms with Crippen LogP contribution >= 0.6 is 12.2 Å². The highest BCUT2D eigenvalue weighted by Crippen LogP contribution is 2.44. The van der Waals surface area contributed by atoms with Gasteiger partial charge in [-0.3, -0.25) is 9.78 Å². The Labute approximate surface area is 229 Å². The van der Waals surface area contributed by atoms with Crippen molar-refractivity contribution in [3.8, 4) is 5.69 Å². The molecule has 4 aromatic rings. The van der Waals surface area contributed by atoms with E-state index in [0.29, 0.717) is 5.11 Å². The van der Waals surface area contributed by atoms with Gasteiger partial charge in [-0.05, 0) is 98.6 Å².